The Bertz CT molecular complexity index is 299. The largest absolute Gasteiger partial charge is 0.395 e. The lowest BCUT2D eigenvalue weighted by Crippen LogP contribution is -2.28. The molecule has 1 aromatic heterocycles. The van der Waals surface area contributed by atoms with Gasteiger partial charge < -0.3 is 15.3 Å². The molecule has 92 valence electrons. The van der Waals surface area contributed by atoms with E-state index in [2.05, 4.69) is 29.0 Å². The molecule has 0 saturated heterocycles. The van der Waals surface area contributed by atoms with Crippen LogP contribution in [0.4, 0.5) is 5.13 Å². The highest BCUT2D eigenvalue weighted by atomic mass is 32.1. The van der Waals surface area contributed by atoms with E-state index in [1.165, 1.54) is 4.88 Å². The minimum absolute atomic E-state index is 0.138. The van der Waals surface area contributed by atoms with Crippen molar-refractivity contribution in [3.8, 4) is 0 Å². The van der Waals surface area contributed by atoms with E-state index in [1.54, 1.807) is 11.3 Å². The predicted molar refractivity (Wildman–Crippen MR) is 69.1 cm³/mol. The fourth-order valence-electron chi connectivity index (χ4n) is 1.36. The number of anilines is 1. The van der Waals surface area contributed by atoms with E-state index in [-0.39, 0.29) is 12.6 Å². The molecule has 1 unspecified atom stereocenters. The standard InChI is InChI=1S/C11H21N3OS/c1-4-14(5-2)11-13-7-10(16-11)6-12-9(3)8-15/h7,9,12,15H,4-6,8H2,1-3H3. The highest BCUT2D eigenvalue weighted by Gasteiger charge is 2.08. The van der Waals surface area contributed by atoms with Crippen molar-refractivity contribution in [2.24, 2.45) is 0 Å². The highest BCUT2D eigenvalue weighted by molar-refractivity contribution is 7.15. The van der Waals surface area contributed by atoms with E-state index in [0.29, 0.717) is 0 Å². The van der Waals surface area contributed by atoms with Crippen molar-refractivity contribution in [3.05, 3.63) is 11.1 Å². The Morgan fingerprint density at radius 1 is 1.50 bits per heavy atom. The fourth-order valence-corrected chi connectivity index (χ4v) is 2.35. The molecule has 0 saturated carbocycles. The highest BCUT2D eigenvalue weighted by Crippen LogP contribution is 2.21. The molecule has 0 aliphatic rings. The Balaban J connectivity index is 2.51. The molecule has 0 aromatic carbocycles. The zero-order valence-electron chi connectivity index (χ0n) is 10.2. The first-order valence-electron chi connectivity index (χ1n) is 5.75. The Morgan fingerprint density at radius 3 is 2.75 bits per heavy atom. The Kier molecular flexibility index (Phi) is 5.73. The summed E-state index contributed by atoms with van der Waals surface area (Å²) in [6, 6.07) is 0.138. The quantitative estimate of drug-likeness (QED) is 0.761. The Hall–Kier alpha value is -0.650. The number of nitrogens with zero attached hydrogens (tertiary/aromatic N) is 2. The molecule has 0 aliphatic heterocycles. The van der Waals surface area contributed by atoms with Crippen LogP contribution < -0.4 is 10.2 Å². The third-order valence-electron chi connectivity index (χ3n) is 2.47. The van der Waals surface area contributed by atoms with Crippen molar-refractivity contribution in [1.29, 1.82) is 0 Å². The average Bonchev–Trinajstić information content (AvgIpc) is 2.76. The van der Waals surface area contributed by atoms with Gasteiger partial charge in [-0.2, -0.15) is 0 Å². The van der Waals surface area contributed by atoms with E-state index >= 15 is 0 Å². The summed E-state index contributed by atoms with van der Waals surface area (Å²) in [7, 11) is 0. The van der Waals surface area contributed by atoms with Crippen LogP contribution in [0.2, 0.25) is 0 Å². The average molecular weight is 243 g/mol. The molecular weight excluding hydrogens is 222 g/mol. The molecule has 1 rings (SSSR count). The van der Waals surface area contributed by atoms with Crippen molar-refractivity contribution in [1.82, 2.24) is 10.3 Å². The summed E-state index contributed by atoms with van der Waals surface area (Å²) in [5.74, 6) is 0. The van der Waals surface area contributed by atoms with Crippen LogP contribution in [0.3, 0.4) is 0 Å². The molecule has 1 atom stereocenters. The first-order valence-corrected chi connectivity index (χ1v) is 6.56. The maximum absolute atomic E-state index is 8.90. The SMILES string of the molecule is CCN(CC)c1ncc(CNC(C)CO)s1. The summed E-state index contributed by atoms with van der Waals surface area (Å²) >= 11 is 1.71. The normalized spacial score (nSPS) is 12.8. The summed E-state index contributed by atoms with van der Waals surface area (Å²) in [4.78, 5) is 7.85. The van der Waals surface area contributed by atoms with Crippen LogP contribution >= 0.6 is 11.3 Å². The molecule has 16 heavy (non-hydrogen) atoms. The van der Waals surface area contributed by atoms with Gasteiger partial charge in [-0.05, 0) is 20.8 Å². The van der Waals surface area contributed by atoms with Crippen LogP contribution in [0.25, 0.3) is 0 Å². The summed E-state index contributed by atoms with van der Waals surface area (Å²) < 4.78 is 0. The molecule has 2 N–H and O–H groups in total. The van der Waals surface area contributed by atoms with Crippen LogP contribution in [-0.4, -0.2) is 35.8 Å². The lowest BCUT2D eigenvalue weighted by atomic mass is 10.3. The molecule has 0 radical (unpaired) electrons. The molecule has 1 aromatic rings. The third-order valence-corrected chi connectivity index (χ3v) is 3.53. The molecule has 4 nitrogen and oxygen atoms in total. The maximum atomic E-state index is 8.90. The lowest BCUT2D eigenvalue weighted by molar-refractivity contribution is 0.251. The smallest absolute Gasteiger partial charge is 0.185 e. The zero-order chi connectivity index (χ0) is 12.0. The Labute approximate surface area is 101 Å². The maximum Gasteiger partial charge on any atom is 0.185 e. The van der Waals surface area contributed by atoms with Gasteiger partial charge in [0.2, 0.25) is 0 Å². The van der Waals surface area contributed by atoms with Gasteiger partial charge in [0.1, 0.15) is 0 Å². The van der Waals surface area contributed by atoms with Gasteiger partial charge in [0.25, 0.3) is 0 Å². The number of aliphatic hydroxyl groups excluding tert-OH is 1. The number of hydrogen-bond acceptors (Lipinski definition) is 5. The molecule has 0 spiro atoms. The van der Waals surface area contributed by atoms with Crippen molar-refractivity contribution in [2.75, 3.05) is 24.6 Å². The van der Waals surface area contributed by atoms with Gasteiger partial charge in [-0.1, -0.05) is 0 Å². The van der Waals surface area contributed by atoms with Gasteiger partial charge in [0.15, 0.2) is 5.13 Å². The minimum Gasteiger partial charge on any atom is -0.395 e. The lowest BCUT2D eigenvalue weighted by Gasteiger charge is -2.16. The first kappa shape index (κ1) is 13.4. The van der Waals surface area contributed by atoms with Gasteiger partial charge in [-0.3, -0.25) is 0 Å². The van der Waals surface area contributed by atoms with E-state index in [0.717, 1.165) is 24.8 Å². The predicted octanol–water partition coefficient (Wildman–Crippen LogP) is 1.46. The fraction of sp³-hybridized carbons (Fsp3) is 0.727. The summed E-state index contributed by atoms with van der Waals surface area (Å²) in [5, 5.41) is 13.2. The second kappa shape index (κ2) is 6.83. The molecule has 5 heteroatoms. The van der Waals surface area contributed by atoms with E-state index in [1.807, 2.05) is 13.1 Å². The zero-order valence-corrected chi connectivity index (χ0v) is 11.0. The van der Waals surface area contributed by atoms with Crippen molar-refractivity contribution in [3.63, 3.8) is 0 Å². The van der Waals surface area contributed by atoms with Gasteiger partial charge >= 0.3 is 0 Å². The molecular formula is C11H21N3OS. The number of thiazole rings is 1. The van der Waals surface area contributed by atoms with E-state index in [9.17, 15) is 0 Å². The number of aliphatic hydroxyl groups is 1. The van der Waals surface area contributed by atoms with Gasteiger partial charge in [-0.15, -0.1) is 11.3 Å². The van der Waals surface area contributed by atoms with Crippen LogP contribution in [-0.2, 0) is 6.54 Å². The number of hydrogen-bond donors (Lipinski definition) is 2. The summed E-state index contributed by atoms with van der Waals surface area (Å²) in [6.07, 6.45) is 1.91. The van der Waals surface area contributed by atoms with Crippen molar-refractivity contribution in [2.45, 2.75) is 33.4 Å². The molecule has 0 fully saturated rings. The van der Waals surface area contributed by atoms with Crippen molar-refractivity contribution < 1.29 is 5.11 Å². The first-order chi connectivity index (χ1) is 7.71. The monoisotopic (exact) mass is 243 g/mol. The molecule has 0 bridgehead atoms. The second-order valence-electron chi connectivity index (χ2n) is 3.75. The van der Waals surface area contributed by atoms with Crippen LogP contribution in [0, 0.1) is 0 Å². The van der Waals surface area contributed by atoms with E-state index in [4.69, 9.17) is 5.11 Å². The minimum atomic E-state index is 0.138. The number of rotatable bonds is 7. The topological polar surface area (TPSA) is 48.4 Å². The van der Waals surface area contributed by atoms with Gasteiger partial charge in [-0.25, -0.2) is 4.98 Å². The van der Waals surface area contributed by atoms with Crippen LogP contribution in [0.15, 0.2) is 6.20 Å². The molecule has 1 heterocycles. The molecule has 0 amide bonds. The van der Waals surface area contributed by atoms with Crippen molar-refractivity contribution >= 4 is 16.5 Å². The number of aromatic nitrogens is 1. The van der Waals surface area contributed by atoms with E-state index < -0.39 is 0 Å². The number of nitrogens with one attached hydrogen (secondary N) is 1. The summed E-state index contributed by atoms with van der Waals surface area (Å²) in [5.41, 5.74) is 0. The Morgan fingerprint density at radius 2 is 2.19 bits per heavy atom. The third kappa shape index (κ3) is 3.73. The second-order valence-corrected chi connectivity index (χ2v) is 4.84. The van der Waals surface area contributed by atoms with Gasteiger partial charge in [0.05, 0.1) is 6.61 Å². The summed E-state index contributed by atoms with van der Waals surface area (Å²) in [6.45, 7) is 9.16. The van der Waals surface area contributed by atoms with Gasteiger partial charge in [0, 0.05) is 36.8 Å². The molecule has 0 aliphatic carbocycles. The van der Waals surface area contributed by atoms with Crippen LogP contribution in [0.1, 0.15) is 25.6 Å². The van der Waals surface area contributed by atoms with Crippen LogP contribution in [0.5, 0.6) is 0 Å².